The van der Waals surface area contributed by atoms with E-state index in [4.69, 9.17) is 22.1 Å². The molecular weight excluding hydrogens is 465 g/mol. The summed E-state index contributed by atoms with van der Waals surface area (Å²) in [5, 5.41) is 2.86. The average molecular weight is 492 g/mol. The molecule has 182 valence electrons. The highest BCUT2D eigenvalue weighted by atomic mass is 35.5. The molecule has 1 saturated carbocycles. The van der Waals surface area contributed by atoms with Crippen LogP contribution in [0.15, 0.2) is 24.5 Å². The van der Waals surface area contributed by atoms with Gasteiger partial charge in [0.25, 0.3) is 11.8 Å². The fourth-order valence-corrected chi connectivity index (χ4v) is 5.32. The summed E-state index contributed by atoms with van der Waals surface area (Å²) in [6, 6.07) is 3.92. The van der Waals surface area contributed by atoms with E-state index in [0.29, 0.717) is 50.9 Å². The van der Waals surface area contributed by atoms with Crippen molar-refractivity contribution in [1.29, 1.82) is 0 Å². The number of anilines is 1. The first kappa shape index (κ1) is 24.2. The van der Waals surface area contributed by atoms with E-state index in [0.717, 1.165) is 0 Å². The third-order valence-electron chi connectivity index (χ3n) is 6.85. The number of nitrogens with one attached hydrogen (secondary N) is 1. The number of benzene rings is 1. The molecule has 2 aliphatic rings. The van der Waals surface area contributed by atoms with Crippen molar-refractivity contribution in [2.75, 3.05) is 31.7 Å². The van der Waals surface area contributed by atoms with Crippen molar-refractivity contribution in [3.63, 3.8) is 0 Å². The Morgan fingerprint density at radius 2 is 2.06 bits per heavy atom. The number of amides is 3. The first-order valence-electron chi connectivity index (χ1n) is 11.2. The van der Waals surface area contributed by atoms with Crippen LogP contribution in [0.25, 0.3) is 0 Å². The van der Waals surface area contributed by atoms with Gasteiger partial charge in [0.1, 0.15) is 11.5 Å². The smallest absolute Gasteiger partial charge is 0.272 e. The Labute approximate surface area is 201 Å². The summed E-state index contributed by atoms with van der Waals surface area (Å²) in [5.41, 5.74) is 5.64. The van der Waals surface area contributed by atoms with Crippen LogP contribution < -0.4 is 16.0 Å². The van der Waals surface area contributed by atoms with Crippen LogP contribution in [0.2, 0.25) is 5.02 Å². The van der Waals surface area contributed by atoms with Crippen LogP contribution in [0.1, 0.15) is 59.1 Å². The molecule has 3 amide bonds. The second-order valence-corrected chi connectivity index (χ2v) is 9.18. The number of nitrogens with two attached hydrogens (primary N) is 1. The fourth-order valence-electron chi connectivity index (χ4n) is 5.05. The number of ether oxygens (including phenoxy) is 1. The highest BCUT2D eigenvalue weighted by Gasteiger charge is 2.49. The number of carbonyl (C=O) groups is 3. The fraction of sp³-hybridized carbons (Fsp3) is 0.478. The third kappa shape index (κ3) is 4.39. The lowest BCUT2D eigenvalue weighted by Crippen LogP contribution is -2.38. The molecule has 2 aromatic rings. The number of primary amides is 1. The third-order valence-corrected chi connectivity index (χ3v) is 7.16. The molecule has 0 radical (unpaired) electrons. The van der Waals surface area contributed by atoms with E-state index in [1.165, 1.54) is 31.6 Å². The molecule has 1 aromatic carbocycles. The average Bonchev–Trinajstić information content (AvgIpc) is 3.38. The molecule has 1 saturated heterocycles. The highest BCUT2D eigenvalue weighted by molar-refractivity contribution is 6.34. The highest BCUT2D eigenvalue weighted by Crippen LogP contribution is 2.49. The zero-order valence-electron chi connectivity index (χ0n) is 18.9. The van der Waals surface area contributed by atoms with Crippen LogP contribution in [0, 0.1) is 11.2 Å². The Hall–Kier alpha value is -2.98. The van der Waals surface area contributed by atoms with Gasteiger partial charge in [-0.3, -0.25) is 14.4 Å². The van der Waals surface area contributed by atoms with Gasteiger partial charge in [0.2, 0.25) is 5.91 Å². The van der Waals surface area contributed by atoms with E-state index in [1.807, 2.05) is 0 Å². The van der Waals surface area contributed by atoms with Gasteiger partial charge in [-0.15, -0.1) is 0 Å². The first-order chi connectivity index (χ1) is 16.3. The van der Waals surface area contributed by atoms with Gasteiger partial charge < -0.3 is 25.3 Å². The molecule has 1 spiro atoms. The summed E-state index contributed by atoms with van der Waals surface area (Å²) in [6.07, 6.45) is 4.60. The second-order valence-electron chi connectivity index (χ2n) is 8.78. The van der Waals surface area contributed by atoms with Crippen molar-refractivity contribution in [2.45, 2.75) is 38.1 Å². The maximum atomic E-state index is 13.4. The Bertz CT molecular complexity index is 1110. The Kier molecular flexibility index (Phi) is 6.90. The lowest BCUT2D eigenvalue weighted by atomic mass is 9.71. The standard InChI is InChI=1S/C23H27ClFN5O4/c1-34-11-9-27-21(32)18-19(20(26)31)30(13-28-18)15-4-6-23(7-5-15)8-10-29(22(23)33)17-3-2-14(25)12-16(17)24/h2-3,12-13,15H,4-11H2,1H3,(H2,26,31)(H,27,32). The van der Waals surface area contributed by atoms with Gasteiger partial charge in [-0.25, -0.2) is 9.37 Å². The molecule has 4 rings (SSSR count). The number of hydrogen-bond donors (Lipinski definition) is 2. The molecule has 3 N–H and O–H groups in total. The molecular formula is C23H27ClFN5O4. The van der Waals surface area contributed by atoms with Gasteiger partial charge in [0.05, 0.1) is 29.1 Å². The van der Waals surface area contributed by atoms with Crippen molar-refractivity contribution >= 4 is 35.0 Å². The largest absolute Gasteiger partial charge is 0.383 e. The van der Waals surface area contributed by atoms with Gasteiger partial charge >= 0.3 is 0 Å². The van der Waals surface area contributed by atoms with E-state index in [9.17, 15) is 18.8 Å². The molecule has 9 nitrogen and oxygen atoms in total. The van der Waals surface area contributed by atoms with Gasteiger partial charge in [0, 0.05) is 26.2 Å². The lowest BCUT2D eigenvalue weighted by molar-refractivity contribution is -0.127. The van der Waals surface area contributed by atoms with Crippen LogP contribution in [-0.4, -0.2) is 54.1 Å². The van der Waals surface area contributed by atoms with E-state index in [1.54, 1.807) is 9.47 Å². The van der Waals surface area contributed by atoms with Crippen LogP contribution >= 0.6 is 11.6 Å². The summed E-state index contributed by atoms with van der Waals surface area (Å²) in [4.78, 5) is 43.8. The number of imidazole rings is 1. The zero-order valence-corrected chi connectivity index (χ0v) is 19.6. The minimum atomic E-state index is -0.733. The van der Waals surface area contributed by atoms with Crippen LogP contribution in [-0.2, 0) is 9.53 Å². The summed E-state index contributed by atoms with van der Waals surface area (Å²) in [7, 11) is 1.52. The van der Waals surface area contributed by atoms with E-state index < -0.39 is 23.0 Å². The van der Waals surface area contributed by atoms with Crippen molar-refractivity contribution in [1.82, 2.24) is 14.9 Å². The zero-order chi connectivity index (χ0) is 24.5. The molecule has 2 heterocycles. The number of nitrogens with zero attached hydrogens (tertiary/aromatic N) is 3. The number of carbonyl (C=O) groups excluding carboxylic acids is 3. The molecule has 1 aliphatic carbocycles. The van der Waals surface area contributed by atoms with E-state index >= 15 is 0 Å². The molecule has 1 aromatic heterocycles. The van der Waals surface area contributed by atoms with Gasteiger partial charge in [-0.2, -0.15) is 0 Å². The summed E-state index contributed by atoms with van der Waals surface area (Å²) in [5.74, 6) is -1.69. The maximum Gasteiger partial charge on any atom is 0.272 e. The monoisotopic (exact) mass is 491 g/mol. The van der Waals surface area contributed by atoms with Crippen molar-refractivity contribution in [3.05, 3.63) is 46.8 Å². The van der Waals surface area contributed by atoms with Crippen LogP contribution in [0.3, 0.4) is 0 Å². The van der Waals surface area contributed by atoms with Crippen molar-refractivity contribution < 1.29 is 23.5 Å². The second kappa shape index (κ2) is 9.71. The molecule has 2 fully saturated rings. The summed E-state index contributed by atoms with van der Waals surface area (Å²) in [6.45, 7) is 1.12. The molecule has 1 aliphatic heterocycles. The first-order valence-corrected chi connectivity index (χ1v) is 11.6. The normalized spacial score (nSPS) is 22.4. The number of methoxy groups -OCH3 is 1. The minimum absolute atomic E-state index is 0.0153. The topological polar surface area (TPSA) is 120 Å². The SMILES string of the molecule is COCCNC(=O)c1ncn(C2CCC3(CC2)CCN(c2ccc(F)cc2Cl)C3=O)c1C(N)=O. The molecule has 11 heteroatoms. The number of aromatic nitrogens is 2. The Morgan fingerprint density at radius 1 is 1.32 bits per heavy atom. The predicted molar refractivity (Wildman–Crippen MR) is 123 cm³/mol. The van der Waals surface area contributed by atoms with Gasteiger partial charge in [-0.05, 0) is 50.3 Å². The number of halogens is 2. The Balaban J connectivity index is 1.48. The molecule has 34 heavy (non-hydrogen) atoms. The van der Waals surface area contributed by atoms with Crippen LogP contribution in [0.5, 0.6) is 0 Å². The number of hydrogen-bond acceptors (Lipinski definition) is 5. The molecule has 0 atom stereocenters. The van der Waals surface area contributed by atoms with Gasteiger partial charge in [-0.1, -0.05) is 11.6 Å². The van der Waals surface area contributed by atoms with Crippen molar-refractivity contribution in [3.8, 4) is 0 Å². The maximum absolute atomic E-state index is 13.4. The Morgan fingerprint density at radius 3 is 2.71 bits per heavy atom. The van der Waals surface area contributed by atoms with E-state index in [2.05, 4.69) is 10.3 Å². The summed E-state index contributed by atoms with van der Waals surface area (Å²) >= 11 is 6.19. The lowest BCUT2D eigenvalue weighted by Gasteiger charge is -2.36. The molecule has 0 unspecified atom stereocenters. The predicted octanol–water partition coefficient (Wildman–Crippen LogP) is 2.69. The van der Waals surface area contributed by atoms with Crippen molar-refractivity contribution in [2.24, 2.45) is 11.1 Å². The minimum Gasteiger partial charge on any atom is -0.383 e. The quantitative estimate of drug-likeness (QED) is 0.577. The molecule has 0 bridgehead atoms. The number of rotatable bonds is 7. The van der Waals surface area contributed by atoms with Gasteiger partial charge in [0.15, 0.2) is 5.69 Å². The van der Waals surface area contributed by atoms with Crippen LogP contribution in [0.4, 0.5) is 10.1 Å². The van der Waals surface area contributed by atoms with E-state index in [-0.39, 0.29) is 34.9 Å². The summed E-state index contributed by atoms with van der Waals surface area (Å²) < 4.78 is 20.0.